The highest BCUT2D eigenvalue weighted by atomic mass is 32.1. The molecule has 17 heavy (non-hydrogen) atoms. The van der Waals surface area contributed by atoms with Gasteiger partial charge in [0.05, 0.1) is 17.1 Å². The summed E-state index contributed by atoms with van der Waals surface area (Å²) in [6.45, 7) is 5.41. The van der Waals surface area contributed by atoms with Crippen molar-refractivity contribution in [2.24, 2.45) is 0 Å². The van der Waals surface area contributed by atoms with Crippen LogP contribution in [0.1, 0.15) is 10.7 Å². The number of esters is 1. The number of amides is 1. The zero-order chi connectivity index (χ0) is 12.7. The molecule has 1 aromatic rings. The summed E-state index contributed by atoms with van der Waals surface area (Å²) < 4.78 is 4.79. The number of hydrogen-bond donors (Lipinski definition) is 1. The van der Waals surface area contributed by atoms with E-state index in [0.717, 1.165) is 5.01 Å². The van der Waals surface area contributed by atoms with Crippen LogP contribution in [-0.4, -0.2) is 30.0 Å². The average molecular weight is 254 g/mol. The van der Waals surface area contributed by atoms with Crippen LogP contribution in [0, 0.1) is 6.92 Å². The number of nitrogens with zero attached hydrogens (tertiary/aromatic N) is 1. The van der Waals surface area contributed by atoms with E-state index in [4.69, 9.17) is 4.74 Å². The minimum atomic E-state index is -0.455. The third-order valence-electron chi connectivity index (χ3n) is 1.80. The predicted molar refractivity (Wildman–Crippen MR) is 64.7 cm³/mol. The van der Waals surface area contributed by atoms with E-state index in [2.05, 4.69) is 16.9 Å². The Morgan fingerprint density at radius 1 is 1.65 bits per heavy atom. The second kappa shape index (κ2) is 6.80. The maximum absolute atomic E-state index is 11.3. The lowest BCUT2D eigenvalue weighted by atomic mass is 10.3. The van der Waals surface area contributed by atoms with E-state index in [1.165, 1.54) is 11.3 Å². The molecule has 0 aliphatic rings. The second-order valence-electron chi connectivity index (χ2n) is 3.29. The van der Waals surface area contributed by atoms with Gasteiger partial charge < -0.3 is 10.1 Å². The highest BCUT2D eigenvalue weighted by Gasteiger charge is 2.09. The fraction of sp³-hybridized carbons (Fsp3) is 0.364. The van der Waals surface area contributed by atoms with Gasteiger partial charge in [0.1, 0.15) is 0 Å². The standard InChI is InChI=1S/C11H14N2O3S/c1-3-4-12-10(14)6-16-11(15)5-9-7-17-8(2)13-9/h3,7H,1,4-6H2,2H3,(H,12,14). The van der Waals surface area contributed by atoms with Gasteiger partial charge in [-0.05, 0) is 6.92 Å². The van der Waals surface area contributed by atoms with E-state index in [9.17, 15) is 9.59 Å². The molecule has 1 N–H and O–H groups in total. The fourth-order valence-electron chi connectivity index (χ4n) is 1.07. The van der Waals surface area contributed by atoms with E-state index in [1.54, 1.807) is 11.5 Å². The third kappa shape index (κ3) is 5.26. The van der Waals surface area contributed by atoms with Gasteiger partial charge in [-0.2, -0.15) is 0 Å². The lowest BCUT2D eigenvalue weighted by Crippen LogP contribution is -2.29. The van der Waals surface area contributed by atoms with Crippen LogP contribution < -0.4 is 5.32 Å². The van der Waals surface area contributed by atoms with E-state index in [0.29, 0.717) is 12.2 Å². The first-order valence-electron chi connectivity index (χ1n) is 5.06. The Morgan fingerprint density at radius 3 is 3.00 bits per heavy atom. The third-order valence-corrected chi connectivity index (χ3v) is 2.62. The summed E-state index contributed by atoms with van der Waals surface area (Å²) in [6.07, 6.45) is 1.65. The number of aryl methyl sites for hydroxylation is 1. The summed E-state index contributed by atoms with van der Waals surface area (Å²) in [4.78, 5) is 26.6. The molecule has 0 spiro atoms. The largest absolute Gasteiger partial charge is 0.455 e. The van der Waals surface area contributed by atoms with E-state index in [-0.39, 0.29) is 18.9 Å². The van der Waals surface area contributed by atoms with Gasteiger partial charge in [0.15, 0.2) is 6.61 Å². The molecule has 0 atom stereocenters. The Hall–Kier alpha value is -1.69. The molecule has 6 heteroatoms. The zero-order valence-electron chi connectivity index (χ0n) is 9.56. The maximum atomic E-state index is 11.3. The number of rotatable bonds is 6. The lowest BCUT2D eigenvalue weighted by Gasteiger charge is -2.03. The molecular weight excluding hydrogens is 240 g/mol. The molecule has 0 bridgehead atoms. The van der Waals surface area contributed by atoms with Gasteiger partial charge in [-0.3, -0.25) is 9.59 Å². The molecule has 0 saturated carbocycles. The van der Waals surface area contributed by atoms with E-state index in [1.807, 2.05) is 6.92 Å². The molecular formula is C11H14N2O3S. The lowest BCUT2D eigenvalue weighted by molar-refractivity contribution is -0.147. The average Bonchev–Trinajstić information content (AvgIpc) is 2.69. The fourth-order valence-corrected chi connectivity index (χ4v) is 1.68. The van der Waals surface area contributed by atoms with Crippen LogP contribution in [0.3, 0.4) is 0 Å². The SMILES string of the molecule is C=CCNC(=O)COC(=O)Cc1csc(C)n1. The van der Waals surface area contributed by atoms with Crippen molar-refractivity contribution in [3.8, 4) is 0 Å². The van der Waals surface area contributed by atoms with Gasteiger partial charge in [0.2, 0.25) is 0 Å². The van der Waals surface area contributed by atoms with Crippen molar-refractivity contribution in [1.29, 1.82) is 0 Å². The van der Waals surface area contributed by atoms with Crippen molar-refractivity contribution in [3.63, 3.8) is 0 Å². The van der Waals surface area contributed by atoms with Gasteiger partial charge in [-0.1, -0.05) is 6.08 Å². The number of carbonyl (C=O) groups is 2. The maximum Gasteiger partial charge on any atom is 0.312 e. The van der Waals surface area contributed by atoms with Gasteiger partial charge in [0.25, 0.3) is 5.91 Å². The summed E-state index contributed by atoms with van der Waals surface area (Å²) >= 11 is 1.47. The predicted octanol–water partition coefficient (Wildman–Crippen LogP) is 0.839. The summed E-state index contributed by atoms with van der Waals surface area (Å²) in [6, 6.07) is 0. The van der Waals surface area contributed by atoms with Crippen LogP contribution in [0.25, 0.3) is 0 Å². The number of nitrogens with one attached hydrogen (secondary N) is 1. The minimum Gasteiger partial charge on any atom is -0.455 e. The molecule has 1 rings (SSSR count). The second-order valence-corrected chi connectivity index (χ2v) is 4.35. The number of carbonyl (C=O) groups excluding carboxylic acids is 2. The highest BCUT2D eigenvalue weighted by molar-refractivity contribution is 7.09. The van der Waals surface area contributed by atoms with Crippen molar-refractivity contribution in [2.45, 2.75) is 13.3 Å². The number of hydrogen-bond acceptors (Lipinski definition) is 5. The van der Waals surface area contributed by atoms with E-state index >= 15 is 0 Å². The summed E-state index contributed by atoms with van der Waals surface area (Å²) in [5.41, 5.74) is 0.670. The van der Waals surface area contributed by atoms with Gasteiger partial charge in [0, 0.05) is 11.9 Å². The Labute approximate surface area is 104 Å². The van der Waals surface area contributed by atoms with Crippen LogP contribution in [0.5, 0.6) is 0 Å². The number of aromatic nitrogens is 1. The molecule has 0 aliphatic carbocycles. The monoisotopic (exact) mass is 254 g/mol. The molecule has 0 aromatic carbocycles. The normalized spacial score (nSPS) is 9.71. The van der Waals surface area contributed by atoms with Crippen molar-refractivity contribution in [2.75, 3.05) is 13.2 Å². The first kappa shape index (κ1) is 13.4. The Bertz CT molecular complexity index is 415. The highest BCUT2D eigenvalue weighted by Crippen LogP contribution is 2.08. The molecule has 1 heterocycles. The van der Waals surface area contributed by atoms with Gasteiger partial charge in [-0.25, -0.2) is 4.98 Å². The Morgan fingerprint density at radius 2 is 2.41 bits per heavy atom. The van der Waals surface area contributed by atoms with Gasteiger partial charge in [-0.15, -0.1) is 17.9 Å². The molecule has 0 unspecified atom stereocenters. The van der Waals surface area contributed by atoms with Crippen LogP contribution in [0.2, 0.25) is 0 Å². The van der Waals surface area contributed by atoms with Crippen molar-refractivity contribution in [3.05, 3.63) is 28.7 Å². The van der Waals surface area contributed by atoms with Crippen LogP contribution in [0.15, 0.2) is 18.0 Å². The van der Waals surface area contributed by atoms with Crippen LogP contribution in [0.4, 0.5) is 0 Å². The van der Waals surface area contributed by atoms with Crippen LogP contribution >= 0.6 is 11.3 Å². The molecule has 1 amide bonds. The zero-order valence-corrected chi connectivity index (χ0v) is 10.4. The molecule has 1 aromatic heterocycles. The molecule has 92 valence electrons. The molecule has 0 fully saturated rings. The van der Waals surface area contributed by atoms with Crippen LogP contribution in [-0.2, 0) is 20.7 Å². The summed E-state index contributed by atoms with van der Waals surface area (Å²) in [5.74, 6) is -0.795. The first-order chi connectivity index (χ1) is 8.11. The van der Waals surface area contributed by atoms with Crippen molar-refractivity contribution < 1.29 is 14.3 Å². The molecule has 0 saturated heterocycles. The first-order valence-corrected chi connectivity index (χ1v) is 5.94. The summed E-state index contributed by atoms with van der Waals surface area (Å²) in [5, 5.41) is 5.21. The summed E-state index contributed by atoms with van der Waals surface area (Å²) in [7, 11) is 0. The minimum absolute atomic E-state index is 0.0963. The topological polar surface area (TPSA) is 68.3 Å². The molecule has 5 nitrogen and oxygen atoms in total. The smallest absolute Gasteiger partial charge is 0.312 e. The van der Waals surface area contributed by atoms with Gasteiger partial charge >= 0.3 is 5.97 Å². The van der Waals surface area contributed by atoms with Crippen molar-refractivity contribution >= 4 is 23.2 Å². The quantitative estimate of drug-likeness (QED) is 0.603. The Balaban J connectivity index is 2.25. The molecule has 0 radical (unpaired) electrons. The Kier molecular flexibility index (Phi) is 5.35. The molecule has 0 aliphatic heterocycles. The number of thiazole rings is 1. The number of ether oxygens (including phenoxy) is 1. The van der Waals surface area contributed by atoms with Crippen molar-refractivity contribution in [1.82, 2.24) is 10.3 Å². The van der Waals surface area contributed by atoms with E-state index < -0.39 is 5.97 Å².